The number of rotatable bonds is 2. The second kappa shape index (κ2) is 5.82. The number of hydrogen-bond donors (Lipinski definition) is 0. The number of anilines is 1. The van der Waals surface area contributed by atoms with Gasteiger partial charge in [-0.3, -0.25) is 4.79 Å². The van der Waals surface area contributed by atoms with E-state index >= 15 is 0 Å². The summed E-state index contributed by atoms with van der Waals surface area (Å²) in [7, 11) is -3.11. The highest BCUT2D eigenvalue weighted by atomic mass is 35.5. The number of carbonyl (C=O) groups is 1. The molecule has 3 rings (SSSR count). The number of sulfone groups is 1. The van der Waals surface area contributed by atoms with Gasteiger partial charge in [0.2, 0.25) is 0 Å². The van der Waals surface area contributed by atoms with E-state index in [1.807, 2.05) is 0 Å². The highest BCUT2D eigenvalue weighted by molar-refractivity contribution is 8.16. The first-order valence-electron chi connectivity index (χ1n) is 6.49. The van der Waals surface area contributed by atoms with Gasteiger partial charge in [-0.05, 0) is 24.3 Å². The Bertz CT molecular complexity index is 736. The standard InChI is InChI=1S/C13H12ClFN2O3S2/c14-5-12(18)16-13-17(9-3-1-8(15)2-4-9)10-6-22(19,20)7-11(10)21-13/h1-4,10-11H,5-7H2/t10-,11+/m1/s1. The van der Waals surface area contributed by atoms with E-state index in [0.29, 0.717) is 10.9 Å². The third-order valence-corrected chi connectivity index (χ3v) is 6.94. The minimum Gasteiger partial charge on any atom is -0.316 e. The zero-order valence-corrected chi connectivity index (χ0v) is 13.7. The van der Waals surface area contributed by atoms with Gasteiger partial charge < -0.3 is 4.90 Å². The lowest BCUT2D eigenvalue weighted by Crippen LogP contribution is -2.37. The number of halogens is 2. The smallest absolute Gasteiger partial charge is 0.262 e. The van der Waals surface area contributed by atoms with Crippen LogP contribution in [0.15, 0.2) is 29.3 Å². The van der Waals surface area contributed by atoms with E-state index in [2.05, 4.69) is 4.99 Å². The fourth-order valence-corrected chi connectivity index (χ4v) is 6.60. The first kappa shape index (κ1) is 15.8. The maximum Gasteiger partial charge on any atom is 0.262 e. The van der Waals surface area contributed by atoms with Gasteiger partial charge in [-0.2, -0.15) is 4.99 Å². The summed E-state index contributed by atoms with van der Waals surface area (Å²) < 4.78 is 36.8. The van der Waals surface area contributed by atoms with Gasteiger partial charge in [-0.1, -0.05) is 11.8 Å². The van der Waals surface area contributed by atoms with E-state index in [1.54, 1.807) is 17.0 Å². The molecular weight excluding hydrogens is 351 g/mol. The van der Waals surface area contributed by atoms with Gasteiger partial charge in [0.1, 0.15) is 11.7 Å². The average Bonchev–Trinajstić information content (AvgIpc) is 2.91. The van der Waals surface area contributed by atoms with Crippen molar-refractivity contribution in [1.29, 1.82) is 0 Å². The Labute approximate surface area is 136 Å². The summed E-state index contributed by atoms with van der Waals surface area (Å²) in [5.74, 6) is -1.07. The molecule has 22 heavy (non-hydrogen) atoms. The Kier molecular flexibility index (Phi) is 4.17. The van der Waals surface area contributed by atoms with E-state index in [1.165, 1.54) is 23.9 Å². The van der Waals surface area contributed by atoms with Gasteiger partial charge in [-0.25, -0.2) is 12.8 Å². The van der Waals surface area contributed by atoms with E-state index in [4.69, 9.17) is 11.6 Å². The molecule has 2 fully saturated rings. The molecule has 2 aliphatic rings. The Morgan fingerprint density at radius 3 is 2.68 bits per heavy atom. The van der Waals surface area contributed by atoms with Crippen molar-refractivity contribution in [1.82, 2.24) is 0 Å². The van der Waals surface area contributed by atoms with Crippen molar-refractivity contribution in [2.75, 3.05) is 22.3 Å². The maximum absolute atomic E-state index is 13.1. The molecule has 0 N–H and O–H groups in total. The number of amides is 1. The van der Waals surface area contributed by atoms with E-state index < -0.39 is 15.7 Å². The van der Waals surface area contributed by atoms with Crippen LogP contribution in [-0.2, 0) is 14.6 Å². The monoisotopic (exact) mass is 362 g/mol. The van der Waals surface area contributed by atoms with Crippen molar-refractivity contribution in [3.63, 3.8) is 0 Å². The molecule has 0 saturated carbocycles. The Balaban J connectivity index is 2.01. The van der Waals surface area contributed by atoms with Gasteiger partial charge in [-0.15, -0.1) is 11.6 Å². The molecule has 2 aliphatic heterocycles. The highest BCUT2D eigenvalue weighted by Gasteiger charge is 2.49. The molecule has 0 aromatic heterocycles. The highest BCUT2D eigenvalue weighted by Crippen LogP contribution is 2.40. The molecule has 2 saturated heterocycles. The van der Waals surface area contributed by atoms with Crippen molar-refractivity contribution in [2.24, 2.45) is 4.99 Å². The van der Waals surface area contributed by atoms with E-state index in [-0.39, 0.29) is 34.5 Å². The molecular formula is C13H12ClFN2O3S2. The average molecular weight is 363 g/mol. The number of nitrogens with zero attached hydrogens (tertiary/aromatic N) is 2. The van der Waals surface area contributed by atoms with Crippen molar-refractivity contribution < 1.29 is 17.6 Å². The van der Waals surface area contributed by atoms with Crippen LogP contribution in [0.2, 0.25) is 0 Å². The minimum atomic E-state index is -3.11. The summed E-state index contributed by atoms with van der Waals surface area (Å²) in [6.45, 7) is 0. The van der Waals surface area contributed by atoms with E-state index in [0.717, 1.165) is 0 Å². The van der Waals surface area contributed by atoms with Crippen molar-refractivity contribution >= 4 is 50.0 Å². The molecule has 1 amide bonds. The molecule has 0 unspecified atom stereocenters. The van der Waals surface area contributed by atoms with Crippen LogP contribution in [0, 0.1) is 5.82 Å². The Morgan fingerprint density at radius 1 is 1.36 bits per heavy atom. The molecule has 5 nitrogen and oxygen atoms in total. The molecule has 118 valence electrons. The van der Waals surface area contributed by atoms with Crippen LogP contribution in [0.4, 0.5) is 10.1 Å². The zero-order valence-electron chi connectivity index (χ0n) is 11.3. The number of amidine groups is 1. The second-order valence-corrected chi connectivity index (χ2v) is 8.70. The lowest BCUT2D eigenvalue weighted by atomic mass is 10.2. The number of aliphatic imine (C=N–C) groups is 1. The first-order valence-corrected chi connectivity index (χ1v) is 9.72. The van der Waals surface area contributed by atoms with Gasteiger partial charge >= 0.3 is 0 Å². The minimum absolute atomic E-state index is 0.00384. The maximum atomic E-state index is 13.1. The lowest BCUT2D eigenvalue weighted by molar-refractivity contribution is -0.115. The van der Waals surface area contributed by atoms with Gasteiger partial charge in [0.25, 0.3) is 5.91 Å². The second-order valence-electron chi connectivity index (χ2n) is 5.07. The van der Waals surface area contributed by atoms with Crippen molar-refractivity contribution in [3.8, 4) is 0 Å². The van der Waals surface area contributed by atoms with Crippen LogP contribution in [0.5, 0.6) is 0 Å². The van der Waals surface area contributed by atoms with Gasteiger partial charge in [0, 0.05) is 10.9 Å². The fraction of sp³-hybridized carbons (Fsp3) is 0.385. The molecule has 1 aromatic carbocycles. The molecule has 2 atom stereocenters. The number of hydrogen-bond acceptors (Lipinski definition) is 4. The zero-order chi connectivity index (χ0) is 15.9. The SMILES string of the molecule is O=C(CCl)N=C1S[C@H]2CS(=O)(=O)C[C@H]2N1c1ccc(F)cc1. The number of fused-ring (bicyclic) bond motifs is 1. The largest absolute Gasteiger partial charge is 0.316 e. The van der Waals surface area contributed by atoms with Crippen LogP contribution in [0.1, 0.15) is 0 Å². The predicted molar refractivity (Wildman–Crippen MR) is 85.9 cm³/mol. The topological polar surface area (TPSA) is 66.8 Å². The summed E-state index contributed by atoms with van der Waals surface area (Å²) in [5.41, 5.74) is 0.611. The summed E-state index contributed by atoms with van der Waals surface area (Å²) in [6.07, 6.45) is 0. The molecule has 2 heterocycles. The lowest BCUT2D eigenvalue weighted by Gasteiger charge is -2.24. The molecule has 0 aliphatic carbocycles. The Hall–Kier alpha value is -1.12. The summed E-state index contributed by atoms with van der Waals surface area (Å²) in [4.78, 5) is 17.2. The van der Waals surface area contributed by atoms with Gasteiger partial charge in [0.05, 0.1) is 17.5 Å². The molecule has 1 aromatic rings. The van der Waals surface area contributed by atoms with Crippen LogP contribution in [0.3, 0.4) is 0 Å². The number of alkyl halides is 1. The van der Waals surface area contributed by atoms with Crippen LogP contribution in [-0.4, -0.2) is 48.2 Å². The van der Waals surface area contributed by atoms with Crippen LogP contribution in [0.25, 0.3) is 0 Å². The van der Waals surface area contributed by atoms with Crippen molar-refractivity contribution in [2.45, 2.75) is 11.3 Å². The number of carbonyl (C=O) groups excluding carboxylic acids is 1. The van der Waals surface area contributed by atoms with Crippen LogP contribution >= 0.6 is 23.4 Å². The summed E-state index contributed by atoms with van der Waals surface area (Å²) >= 11 is 6.74. The predicted octanol–water partition coefficient (Wildman–Crippen LogP) is 1.67. The summed E-state index contributed by atoms with van der Waals surface area (Å²) in [6, 6.07) is 5.37. The number of benzene rings is 1. The van der Waals surface area contributed by atoms with Crippen LogP contribution < -0.4 is 4.90 Å². The van der Waals surface area contributed by atoms with Gasteiger partial charge in [0.15, 0.2) is 15.0 Å². The number of thioether (sulfide) groups is 1. The third kappa shape index (κ3) is 3.00. The van der Waals surface area contributed by atoms with E-state index in [9.17, 15) is 17.6 Å². The normalized spacial score (nSPS) is 28.1. The Morgan fingerprint density at radius 2 is 2.05 bits per heavy atom. The molecule has 0 radical (unpaired) electrons. The first-order chi connectivity index (χ1) is 10.4. The summed E-state index contributed by atoms with van der Waals surface area (Å²) in [5, 5.41) is 0.235. The molecule has 9 heteroatoms. The quantitative estimate of drug-likeness (QED) is 0.749. The third-order valence-electron chi connectivity index (χ3n) is 3.51. The fourth-order valence-electron chi connectivity index (χ4n) is 2.60. The molecule has 0 bridgehead atoms. The van der Waals surface area contributed by atoms with Crippen molar-refractivity contribution in [3.05, 3.63) is 30.1 Å². The molecule has 0 spiro atoms.